The molecular formula is C15H19NO3. The average molecular weight is 261 g/mol. The Labute approximate surface area is 113 Å². The zero-order valence-corrected chi connectivity index (χ0v) is 11.0. The van der Waals surface area contributed by atoms with Crippen molar-refractivity contribution in [2.75, 3.05) is 13.2 Å². The Morgan fingerprint density at radius 3 is 2.74 bits per heavy atom. The molecule has 1 aliphatic heterocycles. The lowest BCUT2D eigenvalue weighted by Gasteiger charge is -2.20. The molecule has 0 unspecified atom stereocenters. The number of rotatable bonds is 3. The highest BCUT2D eigenvalue weighted by Gasteiger charge is 2.32. The third-order valence-electron chi connectivity index (χ3n) is 3.38. The van der Waals surface area contributed by atoms with E-state index in [1.807, 2.05) is 31.2 Å². The maximum absolute atomic E-state index is 12.0. The van der Waals surface area contributed by atoms with Gasteiger partial charge >= 0.3 is 0 Å². The number of carbonyl (C=O) groups is 1. The van der Waals surface area contributed by atoms with E-state index >= 15 is 0 Å². The van der Waals surface area contributed by atoms with Crippen LogP contribution in [0, 0.1) is 6.92 Å². The number of aliphatic hydroxyl groups excluding tert-OH is 2. The van der Waals surface area contributed by atoms with Crippen LogP contribution in [0.15, 0.2) is 30.3 Å². The quantitative estimate of drug-likeness (QED) is 0.797. The second-order valence-corrected chi connectivity index (χ2v) is 4.96. The minimum atomic E-state index is -0.533. The zero-order valence-electron chi connectivity index (χ0n) is 11.0. The molecule has 4 nitrogen and oxygen atoms in total. The van der Waals surface area contributed by atoms with E-state index in [2.05, 4.69) is 0 Å². The molecule has 2 rings (SSSR count). The van der Waals surface area contributed by atoms with E-state index in [1.165, 1.54) is 16.5 Å². The van der Waals surface area contributed by atoms with Crippen LogP contribution in [0.2, 0.25) is 0 Å². The van der Waals surface area contributed by atoms with Crippen molar-refractivity contribution in [2.45, 2.75) is 25.5 Å². The van der Waals surface area contributed by atoms with Crippen molar-refractivity contribution in [1.29, 1.82) is 0 Å². The third-order valence-corrected chi connectivity index (χ3v) is 3.38. The molecule has 102 valence electrons. The summed E-state index contributed by atoms with van der Waals surface area (Å²) in [6, 6.07) is 7.59. The van der Waals surface area contributed by atoms with Gasteiger partial charge in [-0.1, -0.05) is 29.8 Å². The Morgan fingerprint density at radius 1 is 1.42 bits per heavy atom. The van der Waals surface area contributed by atoms with Gasteiger partial charge in [0, 0.05) is 12.6 Å². The molecule has 0 aromatic heterocycles. The molecule has 1 aromatic rings. The van der Waals surface area contributed by atoms with Crippen LogP contribution in [0.1, 0.15) is 17.5 Å². The van der Waals surface area contributed by atoms with Crippen molar-refractivity contribution in [2.24, 2.45) is 0 Å². The fraction of sp³-hybridized carbons (Fsp3) is 0.400. The van der Waals surface area contributed by atoms with Gasteiger partial charge < -0.3 is 15.1 Å². The first-order valence-corrected chi connectivity index (χ1v) is 6.44. The van der Waals surface area contributed by atoms with Crippen LogP contribution < -0.4 is 0 Å². The highest BCUT2D eigenvalue weighted by molar-refractivity contribution is 5.92. The van der Waals surface area contributed by atoms with Crippen LogP contribution in [0.5, 0.6) is 0 Å². The predicted octanol–water partition coefficient (Wildman–Crippen LogP) is 0.962. The third kappa shape index (κ3) is 3.43. The van der Waals surface area contributed by atoms with Gasteiger partial charge in [0.05, 0.1) is 18.8 Å². The van der Waals surface area contributed by atoms with E-state index in [-0.39, 0.29) is 18.6 Å². The molecule has 0 bridgehead atoms. The summed E-state index contributed by atoms with van der Waals surface area (Å²) in [6.45, 7) is 2.19. The smallest absolute Gasteiger partial charge is 0.246 e. The van der Waals surface area contributed by atoms with Crippen molar-refractivity contribution >= 4 is 12.0 Å². The summed E-state index contributed by atoms with van der Waals surface area (Å²) < 4.78 is 0. The van der Waals surface area contributed by atoms with Gasteiger partial charge in [-0.2, -0.15) is 0 Å². The molecule has 2 atom stereocenters. The van der Waals surface area contributed by atoms with Gasteiger partial charge in [-0.05, 0) is 25.0 Å². The van der Waals surface area contributed by atoms with E-state index in [1.54, 1.807) is 6.08 Å². The molecule has 0 saturated carbocycles. The maximum atomic E-state index is 12.0. The summed E-state index contributed by atoms with van der Waals surface area (Å²) in [7, 11) is 0. The van der Waals surface area contributed by atoms with Crippen LogP contribution in [0.25, 0.3) is 6.08 Å². The molecule has 2 N–H and O–H groups in total. The molecule has 1 heterocycles. The normalized spacial score (nSPS) is 23.2. The highest BCUT2D eigenvalue weighted by Crippen LogP contribution is 2.18. The summed E-state index contributed by atoms with van der Waals surface area (Å²) in [4.78, 5) is 13.5. The molecule has 4 heteroatoms. The van der Waals surface area contributed by atoms with E-state index < -0.39 is 6.10 Å². The van der Waals surface area contributed by atoms with Crippen molar-refractivity contribution < 1.29 is 15.0 Å². The number of aliphatic hydroxyl groups is 2. The monoisotopic (exact) mass is 261 g/mol. The highest BCUT2D eigenvalue weighted by atomic mass is 16.3. The molecule has 1 aromatic carbocycles. The van der Waals surface area contributed by atoms with Gasteiger partial charge in [-0.25, -0.2) is 0 Å². The van der Waals surface area contributed by atoms with Crippen molar-refractivity contribution in [3.63, 3.8) is 0 Å². The topological polar surface area (TPSA) is 60.8 Å². The fourth-order valence-corrected chi connectivity index (χ4v) is 2.28. The number of nitrogens with zero attached hydrogens (tertiary/aromatic N) is 1. The standard InChI is InChI=1S/C15H19NO3/c1-11-2-4-12(5-3-11)6-7-15(19)16-9-14(18)8-13(16)10-17/h2-7,13-14,17-18H,8-10H2,1H3/t13-,14-/m0/s1. The predicted molar refractivity (Wildman–Crippen MR) is 73.4 cm³/mol. The summed E-state index contributed by atoms with van der Waals surface area (Å²) in [5, 5.41) is 18.7. The molecule has 1 saturated heterocycles. The number of carbonyl (C=O) groups excluding carboxylic acids is 1. The lowest BCUT2D eigenvalue weighted by Crippen LogP contribution is -2.36. The molecule has 0 aliphatic carbocycles. The average Bonchev–Trinajstić information content (AvgIpc) is 2.79. The largest absolute Gasteiger partial charge is 0.394 e. The van der Waals surface area contributed by atoms with E-state index in [0.29, 0.717) is 13.0 Å². The summed E-state index contributed by atoms with van der Waals surface area (Å²) >= 11 is 0. The molecular weight excluding hydrogens is 242 g/mol. The number of amides is 1. The molecule has 1 fully saturated rings. The number of aryl methyl sites for hydroxylation is 1. The summed E-state index contributed by atoms with van der Waals surface area (Å²) in [6.07, 6.45) is 3.15. The number of likely N-dealkylation sites (tertiary alicyclic amines) is 1. The van der Waals surface area contributed by atoms with E-state index in [9.17, 15) is 15.0 Å². The summed E-state index contributed by atoms with van der Waals surface area (Å²) in [5.74, 6) is -0.170. The van der Waals surface area contributed by atoms with Crippen molar-refractivity contribution in [1.82, 2.24) is 4.90 Å². The Kier molecular flexibility index (Phi) is 4.35. The lowest BCUT2D eigenvalue weighted by molar-refractivity contribution is -0.127. The Bertz CT molecular complexity index is 467. The molecule has 0 radical (unpaired) electrons. The number of benzene rings is 1. The van der Waals surface area contributed by atoms with Crippen LogP contribution in [-0.2, 0) is 4.79 Å². The van der Waals surface area contributed by atoms with Crippen molar-refractivity contribution in [3.8, 4) is 0 Å². The van der Waals surface area contributed by atoms with Crippen LogP contribution in [0.3, 0.4) is 0 Å². The van der Waals surface area contributed by atoms with Crippen LogP contribution >= 0.6 is 0 Å². The molecule has 1 amide bonds. The number of hydrogen-bond donors (Lipinski definition) is 2. The minimum absolute atomic E-state index is 0.110. The van der Waals surface area contributed by atoms with Gasteiger partial charge in [0.2, 0.25) is 5.91 Å². The van der Waals surface area contributed by atoms with Crippen LogP contribution in [0.4, 0.5) is 0 Å². The Balaban J connectivity index is 2.02. The summed E-state index contributed by atoms with van der Waals surface area (Å²) in [5.41, 5.74) is 2.13. The number of hydrogen-bond acceptors (Lipinski definition) is 3. The van der Waals surface area contributed by atoms with Crippen molar-refractivity contribution in [3.05, 3.63) is 41.5 Å². The second-order valence-electron chi connectivity index (χ2n) is 4.96. The van der Waals surface area contributed by atoms with E-state index in [4.69, 9.17) is 0 Å². The van der Waals surface area contributed by atoms with E-state index in [0.717, 1.165) is 5.56 Å². The molecule has 19 heavy (non-hydrogen) atoms. The first-order chi connectivity index (χ1) is 9.10. The Morgan fingerprint density at radius 2 is 2.11 bits per heavy atom. The first-order valence-electron chi connectivity index (χ1n) is 6.44. The van der Waals surface area contributed by atoms with Gasteiger partial charge in [0.15, 0.2) is 0 Å². The minimum Gasteiger partial charge on any atom is -0.394 e. The lowest BCUT2D eigenvalue weighted by atomic mass is 10.1. The first kappa shape index (κ1) is 13.8. The van der Waals surface area contributed by atoms with Gasteiger partial charge in [-0.15, -0.1) is 0 Å². The van der Waals surface area contributed by atoms with Gasteiger partial charge in [-0.3, -0.25) is 4.79 Å². The Hall–Kier alpha value is -1.65. The zero-order chi connectivity index (χ0) is 13.8. The number of β-amino-alcohol motifs (C(OH)–C–C–N with tert-alkyl or cyclic N) is 1. The van der Waals surface area contributed by atoms with Gasteiger partial charge in [0.1, 0.15) is 0 Å². The molecule has 1 aliphatic rings. The molecule has 0 spiro atoms. The fourth-order valence-electron chi connectivity index (χ4n) is 2.28. The van der Waals surface area contributed by atoms with Gasteiger partial charge in [0.25, 0.3) is 0 Å². The second kappa shape index (κ2) is 5.99. The maximum Gasteiger partial charge on any atom is 0.246 e. The van der Waals surface area contributed by atoms with Crippen LogP contribution in [-0.4, -0.2) is 46.3 Å². The SMILES string of the molecule is Cc1ccc(C=CC(=O)N2C[C@@H](O)C[C@H]2CO)cc1.